The van der Waals surface area contributed by atoms with E-state index in [-0.39, 0.29) is 18.5 Å². The van der Waals surface area contributed by atoms with Crippen LogP contribution < -0.4 is 10.5 Å². The first-order valence-electron chi connectivity index (χ1n) is 7.05. The van der Waals surface area contributed by atoms with Crippen molar-refractivity contribution in [1.82, 2.24) is 4.90 Å². The van der Waals surface area contributed by atoms with Crippen molar-refractivity contribution >= 4 is 12.0 Å². The molecule has 0 radical (unpaired) electrons. The van der Waals surface area contributed by atoms with Crippen LogP contribution in [0, 0.1) is 5.92 Å². The first kappa shape index (κ1) is 15.2. The number of hydrogen-bond acceptors (Lipinski definition) is 4. The number of urea groups is 1. The van der Waals surface area contributed by atoms with Crippen LogP contribution in [0.3, 0.4) is 0 Å². The fraction of sp³-hybridized carbons (Fsp3) is 0.467. The highest BCUT2D eigenvalue weighted by molar-refractivity contribution is 5.74. The van der Waals surface area contributed by atoms with Gasteiger partial charge in [-0.1, -0.05) is 18.2 Å². The largest absolute Gasteiger partial charge is 0.490 e. The van der Waals surface area contributed by atoms with Crippen LogP contribution in [-0.2, 0) is 9.53 Å². The molecule has 0 aliphatic carbocycles. The van der Waals surface area contributed by atoms with E-state index >= 15 is 0 Å². The van der Waals surface area contributed by atoms with Crippen molar-refractivity contribution in [2.45, 2.75) is 12.8 Å². The Bertz CT molecular complexity index is 470. The van der Waals surface area contributed by atoms with Gasteiger partial charge in [0.25, 0.3) is 0 Å². The van der Waals surface area contributed by atoms with Crippen LogP contribution in [0.2, 0.25) is 0 Å². The van der Waals surface area contributed by atoms with Crippen LogP contribution in [0.25, 0.3) is 0 Å². The van der Waals surface area contributed by atoms with Crippen LogP contribution in [0.1, 0.15) is 12.8 Å². The molecule has 0 aromatic heterocycles. The quantitative estimate of drug-likeness (QED) is 0.657. The molecule has 0 bridgehead atoms. The molecule has 1 aromatic carbocycles. The number of carbonyl (C=O) groups excluding carboxylic acids is 2. The number of ether oxygens (including phenoxy) is 2. The summed E-state index contributed by atoms with van der Waals surface area (Å²) in [7, 11) is 0. The zero-order valence-corrected chi connectivity index (χ0v) is 11.9. The zero-order valence-electron chi connectivity index (χ0n) is 11.9. The summed E-state index contributed by atoms with van der Waals surface area (Å²) in [6.07, 6.45) is 1.20. The Hall–Kier alpha value is -2.24. The third-order valence-corrected chi connectivity index (χ3v) is 3.48. The lowest BCUT2D eigenvalue weighted by Crippen LogP contribution is -2.43. The minimum Gasteiger partial charge on any atom is -0.490 e. The maximum Gasteiger partial charge on any atom is 0.314 e. The summed E-state index contributed by atoms with van der Waals surface area (Å²) < 4.78 is 10.6. The van der Waals surface area contributed by atoms with Crippen LogP contribution in [-0.4, -0.2) is 43.2 Å². The number of piperidine rings is 1. The summed E-state index contributed by atoms with van der Waals surface area (Å²) in [5.41, 5.74) is 5.20. The SMILES string of the molecule is NC(=O)N1CCC(C(=O)OCCOc2ccccc2)CC1. The van der Waals surface area contributed by atoms with E-state index in [4.69, 9.17) is 15.2 Å². The Morgan fingerprint density at radius 3 is 2.43 bits per heavy atom. The lowest BCUT2D eigenvalue weighted by molar-refractivity contribution is -0.150. The summed E-state index contributed by atoms with van der Waals surface area (Å²) in [4.78, 5) is 24.4. The van der Waals surface area contributed by atoms with Crippen LogP contribution in [0.4, 0.5) is 4.79 Å². The molecule has 1 heterocycles. The second kappa shape index (κ2) is 7.52. The highest BCUT2D eigenvalue weighted by atomic mass is 16.6. The number of likely N-dealkylation sites (tertiary alicyclic amines) is 1. The molecule has 6 heteroatoms. The van der Waals surface area contributed by atoms with Crippen LogP contribution in [0.5, 0.6) is 5.75 Å². The summed E-state index contributed by atoms with van der Waals surface area (Å²) in [6, 6.07) is 8.94. The zero-order chi connectivity index (χ0) is 15.1. The molecule has 1 aliphatic heterocycles. The number of benzene rings is 1. The number of amides is 2. The van der Waals surface area contributed by atoms with E-state index in [0.29, 0.717) is 32.5 Å². The van der Waals surface area contributed by atoms with Gasteiger partial charge >= 0.3 is 12.0 Å². The Kier molecular flexibility index (Phi) is 5.43. The fourth-order valence-corrected chi connectivity index (χ4v) is 2.27. The maximum absolute atomic E-state index is 11.9. The fourth-order valence-electron chi connectivity index (χ4n) is 2.27. The minimum atomic E-state index is -0.432. The lowest BCUT2D eigenvalue weighted by atomic mass is 9.97. The van der Waals surface area contributed by atoms with E-state index in [1.165, 1.54) is 0 Å². The number of esters is 1. The monoisotopic (exact) mass is 292 g/mol. The van der Waals surface area contributed by atoms with Gasteiger partial charge in [0.15, 0.2) is 0 Å². The van der Waals surface area contributed by atoms with Gasteiger partial charge in [0.2, 0.25) is 0 Å². The molecule has 0 spiro atoms. The third kappa shape index (κ3) is 4.66. The highest BCUT2D eigenvalue weighted by Gasteiger charge is 2.27. The molecule has 1 fully saturated rings. The normalized spacial score (nSPS) is 15.5. The Morgan fingerprint density at radius 1 is 1.14 bits per heavy atom. The highest BCUT2D eigenvalue weighted by Crippen LogP contribution is 2.18. The summed E-state index contributed by atoms with van der Waals surface area (Å²) in [6.45, 7) is 1.57. The van der Waals surface area contributed by atoms with Crippen LogP contribution >= 0.6 is 0 Å². The summed E-state index contributed by atoms with van der Waals surface area (Å²) >= 11 is 0. The van der Waals surface area contributed by atoms with Gasteiger partial charge in [-0.3, -0.25) is 4.79 Å². The van der Waals surface area contributed by atoms with Crippen molar-refractivity contribution < 1.29 is 19.1 Å². The molecule has 1 aliphatic rings. The molecule has 2 rings (SSSR count). The van der Waals surface area contributed by atoms with Crippen molar-refractivity contribution in [3.8, 4) is 5.75 Å². The first-order chi connectivity index (χ1) is 10.2. The van der Waals surface area contributed by atoms with Gasteiger partial charge in [0.05, 0.1) is 5.92 Å². The van der Waals surface area contributed by atoms with E-state index in [2.05, 4.69) is 0 Å². The number of nitrogens with zero attached hydrogens (tertiary/aromatic N) is 1. The standard InChI is InChI=1S/C15H20N2O4/c16-15(19)17-8-6-12(7-9-17)14(18)21-11-10-20-13-4-2-1-3-5-13/h1-5,12H,6-11H2,(H2,16,19). The van der Waals surface area contributed by atoms with Crippen molar-refractivity contribution in [2.24, 2.45) is 11.7 Å². The van der Waals surface area contributed by atoms with Gasteiger partial charge in [-0.25, -0.2) is 4.79 Å². The van der Waals surface area contributed by atoms with Crippen molar-refractivity contribution in [3.05, 3.63) is 30.3 Å². The van der Waals surface area contributed by atoms with Gasteiger partial charge in [-0.2, -0.15) is 0 Å². The summed E-state index contributed by atoms with van der Waals surface area (Å²) in [5.74, 6) is 0.372. The van der Waals surface area contributed by atoms with Gasteiger partial charge in [-0.15, -0.1) is 0 Å². The second-order valence-corrected chi connectivity index (χ2v) is 4.93. The Morgan fingerprint density at radius 2 is 1.81 bits per heavy atom. The minimum absolute atomic E-state index is 0.155. The molecular weight excluding hydrogens is 272 g/mol. The first-order valence-corrected chi connectivity index (χ1v) is 7.05. The molecule has 1 aromatic rings. The molecule has 21 heavy (non-hydrogen) atoms. The van der Waals surface area contributed by atoms with E-state index < -0.39 is 6.03 Å². The number of rotatable bonds is 5. The molecule has 0 saturated carbocycles. The topological polar surface area (TPSA) is 81.9 Å². The molecule has 2 N–H and O–H groups in total. The number of carbonyl (C=O) groups is 2. The molecule has 6 nitrogen and oxygen atoms in total. The lowest BCUT2D eigenvalue weighted by Gasteiger charge is -2.29. The molecule has 0 unspecified atom stereocenters. The van der Waals surface area contributed by atoms with Crippen molar-refractivity contribution in [2.75, 3.05) is 26.3 Å². The number of para-hydroxylation sites is 1. The Labute approximate surface area is 123 Å². The van der Waals surface area contributed by atoms with Crippen LogP contribution in [0.15, 0.2) is 30.3 Å². The number of hydrogen-bond donors (Lipinski definition) is 1. The maximum atomic E-state index is 11.9. The predicted octanol–water partition coefficient (Wildman–Crippen LogP) is 1.40. The van der Waals surface area contributed by atoms with Crippen molar-refractivity contribution in [1.29, 1.82) is 0 Å². The average Bonchev–Trinajstić information content (AvgIpc) is 2.52. The van der Waals surface area contributed by atoms with Gasteiger partial charge < -0.3 is 20.1 Å². The molecule has 114 valence electrons. The van der Waals surface area contributed by atoms with Gasteiger partial charge in [0.1, 0.15) is 19.0 Å². The number of primary amides is 1. The molecule has 0 atom stereocenters. The third-order valence-electron chi connectivity index (χ3n) is 3.48. The second-order valence-electron chi connectivity index (χ2n) is 4.93. The van der Waals surface area contributed by atoms with Gasteiger partial charge in [0, 0.05) is 13.1 Å². The predicted molar refractivity (Wildman–Crippen MR) is 76.8 cm³/mol. The Balaban J connectivity index is 1.63. The van der Waals surface area contributed by atoms with E-state index in [1.54, 1.807) is 4.90 Å². The van der Waals surface area contributed by atoms with Gasteiger partial charge in [-0.05, 0) is 25.0 Å². The van der Waals surface area contributed by atoms with E-state index in [9.17, 15) is 9.59 Å². The smallest absolute Gasteiger partial charge is 0.314 e. The molecular formula is C15H20N2O4. The van der Waals surface area contributed by atoms with Crippen molar-refractivity contribution in [3.63, 3.8) is 0 Å². The summed E-state index contributed by atoms with van der Waals surface area (Å²) in [5, 5.41) is 0. The van der Waals surface area contributed by atoms with E-state index in [1.807, 2.05) is 30.3 Å². The molecule has 2 amide bonds. The average molecular weight is 292 g/mol. The number of nitrogens with two attached hydrogens (primary N) is 1. The van der Waals surface area contributed by atoms with E-state index in [0.717, 1.165) is 5.75 Å². The molecule has 1 saturated heterocycles.